The zero-order chi connectivity index (χ0) is 15.9. The van der Waals surface area contributed by atoms with Gasteiger partial charge in [0.05, 0.1) is 17.9 Å². The summed E-state index contributed by atoms with van der Waals surface area (Å²) in [6.45, 7) is 2.82. The number of amides is 1. The maximum absolute atomic E-state index is 12.2. The summed E-state index contributed by atoms with van der Waals surface area (Å²) in [6.07, 6.45) is 8.09. The standard InChI is InChI=1S/C19H24N2O2/c22-19(17-10-13-23-15-17)20-14-18(16-8-4-3-5-9-16)21-11-6-1-2-7-12-21/h3-5,8-10,13,15,18H,1-2,6-7,11-12,14H2,(H,20,22)/t18-/m1/s1. The van der Waals surface area contributed by atoms with Crippen LogP contribution in [-0.2, 0) is 0 Å². The van der Waals surface area contributed by atoms with Gasteiger partial charge < -0.3 is 9.73 Å². The molecule has 2 aromatic rings. The number of nitrogens with one attached hydrogen (secondary N) is 1. The molecule has 1 atom stereocenters. The maximum atomic E-state index is 12.2. The van der Waals surface area contributed by atoms with E-state index in [0.29, 0.717) is 12.1 Å². The molecule has 3 rings (SSSR count). The van der Waals surface area contributed by atoms with Crippen molar-refractivity contribution in [2.24, 2.45) is 0 Å². The molecule has 2 heterocycles. The summed E-state index contributed by atoms with van der Waals surface area (Å²) in [6, 6.07) is 12.4. The molecule has 1 aliphatic rings. The van der Waals surface area contributed by atoms with E-state index in [4.69, 9.17) is 4.42 Å². The SMILES string of the molecule is O=C(NC[C@H](c1ccccc1)N1CCCCCC1)c1ccoc1. The summed E-state index contributed by atoms with van der Waals surface area (Å²) >= 11 is 0. The highest BCUT2D eigenvalue weighted by atomic mass is 16.3. The lowest BCUT2D eigenvalue weighted by Crippen LogP contribution is -2.38. The Labute approximate surface area is 137 Å². The van der Waals surface area contributed by atoms with Crippen molar-refractivity contribution >= 4 is 5.91 Å². The zero-order valence-corrected chi connectivity index (χ0v) is 13.4. The molecule has 0 aliphatic carbocycles. The van der Waals surface area contributed by atoms with Crippen LogP contribution in [0.1, 0.15) is 47.6 Å². The second kappa shape index (κ2) is 7.97. The van der Waals surface area contributed by atoms with Crippen LogP contribution in [0.4, 0.5) is 0 Å². The molecule has 1 saturated heterocycles. The average molecular weight is 312 g/mol. The Balaban J connectivity index is 1.71. The van der Waals surface area contributed by atoms with Crippen molar-refractivity contribution in [3.63, 3.8) is 0 Å². The topological polar surface area (TPSA) is 45.5 Å². The predicted molar refractivity (Wildman–Crippen MR) is 90.3 cm³/mol. The van der Waals surface area contributed by atoms with Crippen LogP contribution in [0.25, 0.3) is 0 Å². The van der Waals surface area contributed by atoms with Gasteiger partial charge in [0.2, 0.25) is 0 Å². The fourth-order valence-electron chi connectivity index (χ4n) is 3.22. The Morgan fingerprint density at radius 2 is 1.83 bits per heavy atom. The van der Waals surface area contributed by atoms with E-state index in [9.17, 15) is 4.79 Å². The van der Waals surface area contributed by atoms with Crippen LogP contribution in [0.3, 0.4) is 0 Å². The molecule has 1 aliphatic heterocycles. The highest BCUT2D eigenvalue weighted by Crippen LogP contribution is 2.23. The Morgan fingerprint density at radius 1 is 1.09 bits per heavy atom. The van der Waals surface area contributed by atoms with Crippen LogP contribution in [-0.4, -0.2) is 30.4 Å². The number of carbonyl (C=O) groups is 1. The lowest BCUT2D eigenvalue weighted by atomic mass is 10.0. The molecule has 1 aromatic heterocycles. The highest BCUT2D eigenvalue weighted by Gasteiger charge is 2.22. The molecule has 1 N–H and O–H groups in total. The summed E-state index contributed by atoms with van der Waals surface area (Å²) < 4.78 is 4.99. The minimum Gasteiger partial charge on any atom is -0.472 e. The van der Waals surface area contributed by atoms with E-state index in [1.54, 1.807) is 6.07 Å². The third-order valence-corrected chi connectivity index (χ3v) is 4.51. The molecule has 0 bridgehead atoms. The van der Waals surface area contributed by atoms with Crippen LogP contribution in [0.15, 0.2) is 53.3 Å². The third-order valence-electron chi connectivity index (χ3n) is 4.51. The molecule has 1 amide bonds. The number of likely N-dealkylation sites (tertiary alicyclic amines) is 1. The van der Waals surface area contributed by atoms with Gasteiger partial charge in [0.1, 0.15) is 6.26 Å². The number of rotatable bonds is 5. The molecule has 0 saturated carbocycles. The van der Waals surface area contributed by atoms with E-state index in [1.807, 2.05) is 6.07 Å². The first-order valence-electron chi connectivity index (χ1n) is 8.44. The summed E-state index contributed by atoms with van der Waals surface area (Å²) in [7, 11) is 0. The van der Waals surface area contributed by atoms with E-state index in [2.05, 4.69) is 34.5 Å². The van der Waals surface area contributed by atoms with E-state index >= 15 is 0 Å². The predicted octanol–water partition coefficient (Wildman–Crippen LogP) is 3.63. The van der Waals surface area contributed by atoms with Gasteiger partial charge >= 0.3 is 0 Å². The Morgan fingerprint density at radius 3 is 2.48 bits per heavy atom. The van der Waals surface area contributed by atoms with Gasteiger partial charge in [-0.3, -0.25) is 9.69 Å². The summed E-state index contributed by atoms with van der Waals surface area (Å²) in [5.74, 6) is -0.0745. The van der Waals surface area contributed by atoms with Crippen molar-refractivity contribution in [3.05, 3.63) is 60.1 Å². The van der Waals surface area contributed by atoms with Gasteiger partial charge in [-0.05, 0) is 37.6 Å². The number of carbonyl (C=O) groups excluding carboxylic acids is 1. The summed E-state index contributed by atoms with van der Waals surface area (Å²) in [4.78, 5) is 14.7. The zero-order valence-electron chi connectivity index (χ0n) is 13.4. The van der Waals surface area contributed by atoms with Crippen molar-refractivity contribution in [1.29, 1.82) is 0 Å². The number of benzene rings is 1. The van der Waals surface area contributed by atoms with Crippen molar-refractivity contribution < 1.29 is 9.21 Å². The molecule has 0 radical (unpaired) electrons. The number of nitrogens with zero attached hydrogens (tertiary/aromatic N) is 1. The summed E-state index contributed by atoms with van der Waals surface area (Å²) in [5, 5.41) is 3.06. The fourth-order valence-corrected chi connectivity index (χ4v) is 3.22. The first-order valence-corrected chi connectivity index (χ1v) is 8.44. The molecular formula is C19H24N2O2. The molecule has 0 spiro atoms. The Kier molecular flexibility index (Phi) is 5.48. The van der Waals surface area contributed by atoms with Crippen LogP contribution in [0, 0.1) is 0 Å². The van der Waals surface area contributed by atoms with Crippen molar-refractivity contribution in [2.45, 2.75) is 31.7 Å². The van der Waals surface area contributed by atoms with Gasteiger partial charge in [-0.1, -0.05) is 43.2 Å². The van der Waals surface area contributed by atoms with E-state index in [-0.39, 0.29) is 11.9 Å². The quantitative estimate of drug-likeness (QED) is 0.917. The normalized spacial score (nSPS) is 17.4. The van der Waals surface area contributed by atoms with Crippen LogP contribution in [0.2, 0.25) is 0 Å². The second-order valence-corrected chi connectivity index (χ2v) is 6.10. The monoisotopic (exact) mass is 312 g/mol. The molecule has 122 valence electrons. The molecule has 4 nitrogen and oxygen atoms in total. The van der Waals surface area contributed by atoms with Gasteiger partial charge in [0.15, 0.2) is 0 Å². The van der Waals surface area contributed by atoms with Gasteiger partial charge in [0.25, 0.3) is 5.91 Å². The molecule has 4 heteroatoms. The second-order valence-electron chi connectivity index (χ2n) is 6.10. The molecule has 0 unspecified atom stereocenters. The van der Waals surface area contributed by atoms with Crippen molar-refractivity contribution in [2.75, 3.05) is 19.6 Å². The van der Waals surface area contributed by atoms with Gasteiger partial charge in [-0.25, -0.2) is 0 Å². The molecule has 1 aromatic carbocycles. The van der Waals surface area contributed by atoms with Crippen LogP contribution in [0.5, 0.6) is 0 Å². The largest absolute Gasteiger partial charge is 0.472 e. The third kappa shape index (κ3) is 4.23. The van der Waals surface area contributed by atoms with E-state index in [1.165, 1.54) is 43.8 Å². The lowest BCUT2D eigenvalue weighted by Gasteiger charge is -2.31. The first-order chi connectivity index (χ1) is 11.3. The Hall–Kier alpha value is -2.07. The van der Waals surface area contributed by atoms with Gasteiger partial charge in [-0.15, -0.1) is 0 Å². The maximum Gasteiger partial charge on any atom is 0.254 e. The van der Waals surface area contributed by atoms with E-state index in [0.717, 1.165) is 13.1 Å². The number of furan rings is 1. The minimum absolute atomic E-state index is 0.0745. The number of hydrogen-bond acceptors (Lipinski definition) is 3. The first kappa shape index (κ1) is 15.8. The van der Waals surface area contributed by atoms with Crippen molar-refractivity contribution in [3.8, 4) is 0 Å². The average Bonchev–Trinajstić information content (AvgIpc) is 3.00. The molecular weight excluding hydrogens is 288 g/mol. The van der Waals surface area contributed by atoms with Crippen LogP contribution >= 0.6 is 0 Å². The van der Waals surface area contributed by atoms with Crippen molar-refractivity contribution in [1.82, 2.24) is 10.2 Å². The minimum atomic E-state index is -0.0745. The molecule has 1 fully saturated rings. The summed E-state index contributed by atoms with van der Waals surface area (Å²) in [5.41, 5.74) is 1.84. The Bertz CT molecular complexity index is 587. The van der Waals surface area contributed by atoms with Crippen LogP contribution < -0.4 is 5.32 Å². The fraction of sp³-hybridized carbons (Fsp3) is 0.421. The smallest absolute Gasteiger partial charge is 0.254 e. The lowest BCUT2D eigenvalue weighted by molar-refractivity contribution is 0.0932. The number of hydrogen-bond donors (Lipinski definition) is 1. The van der Waals surface area contributed by atoms with Gasteiger partial charge in [0, 0.05) is 6.54 Å². The van der Waals surface area contributed by atoms with Gasteiger partial charge in [-0.2, -0.15) is 0 Å². The molecule has 23 heavy (non-hydrogen) atoms. The highest BCUT2D eigenvalue weighted by molar-refractivity contribution is 5.93. The van der Waals surface area contributed by atoms with E-state index < -0.39 is 0 Å².